The van der Waals surface area contributed by atoms with Crippen LogP contribution in [0.3, 0.4) is 0 Å². The Morgan fingerprint density at radius 1 is 1.07 bits per heavy atom. The number of rotatable bonds is 8. The van der Waals surface area contributed by atoms with Crippen LogP contribution >= 0.6 is 11.3 Å². The van der Waals surface area contributed by atoms with Crippen LogP contribution in [0.15, 0.2) is 41.8 Å². The molecule has 0 aliphatic rings. The number of nitrogens with one attached hydrogen (secondary N) is 1. The number of amides is 1. The number of nitrogens with zero attached hydrogens (tertiary/aromatic N) is 1. The van der Waals surface area contributed by atoms with Crippen LogP contribution in [0.1, 0.15) is 24.2 Å². The molecule has 0 aliphatic carbocycles. The van der Waals surface area contributed by atoms with Gasteiger partial charge in [0, 0.05) is 16.5 Å². The molecule has 29 heavy (non-hydrogen) atoms. The van der Waals surface area contributed by atoms with E-state index in [1.807, 2.05) is 13.8 Å². The zero-order valence-corrected chi connectivity index (χ0v) is 17.1. The number of carbonyl (C=O) groups excluding carboxylic acids is 1. The minimum atomic E-state index is -0.471. The lowest BCUT2D eigenvalue weighted by Gasteiger charge is -2.12. The third kappa shape index (κ3) is 4.83. The summed E-state index contributed by atoms with van der Waals surface area (Å²) in [6, 6.07) is 9.60. The van der Waals surface area contributed by atoms with E-state index in [1.165, 1.54) is 30.6 Å². The van der Waals surface area contributed by atoms with E-state index >= 15 is 0 Å². The molecule has 3 aromatic rings. The number of hydrogen-bond acceptors (Lipinski definition) is 6. The van der Waals surface area contributed by atoms with Crippen LogP contribution in [0.2, 0.25) is 0 Å². The maximum absolute atomic E-state index is 13.9. The number of methoxy groups -OCH3 is 1. The molecule has 0 fully saturated rings. The average Bonchev–Trinajstić information content (AvgIpc) is 3.18. The van der Waals surface area contributed by atoms with Gasteiger partial charge in [-0.2, -0.15) is 0 Å². The summed E-state index contributed by atoms with van der Waals surface area (Å²) in [5, 5.41) is 4.92. The molecule has 152 valence electrons. The molecule has 0 aliphatic heterocycles. The molecule has 1 amide bonds. The highest BCUT2D eigenvalue weighted by Gasteiger charge is 2.14. The van der Waals surface area contributed by atoms with Gasteiger partial charge in [0.15, 0.2) is 28.2 Å². The van der Waals surface area contributed by atoms with Crippen LogP contribution in [0.5, 0.6) is 17.2 Å². The van der Waals surface area contributed by atoms with Gasteiger partial charge < -0.3 is 14.2 Å². The predicted molar refractivity (Wildman–Crippen MR) is 111 cm³/mol. The van der Waals surface area contributed by atoms with E-state index < -0.39 is 5.82 Å². The largest absolute Gasteiger partial charge is 0.494 e. The molecule has 0 atom stereocenters. The monoisotopic (exact) mass is 416 g/mol. The van der Waals surface area contributed by atoms with E-state index in [-0.39, 0.29) is 11.7 Å². The minimum Gasteiger partial charge on any atom is -0.494 e. The van der Waals surface area contributed by atoms with E-state index in [2.05, 4.69) is 10.3 Å². The van der Waals surface area contributed by atoms with Crippen molar-refractivity contribution in [2.75, 3.05) is 25.6 Å². The number of halogens is 1. The molecule has 0 saturated heterocycles. The molecule has 3 rings (SSSR count). The summed E-state index contributed by atoms with van der Waals surface area (Å²) < 4.78 is 29.9. The van der Waals surface area contributed by atoms with Gasteiger partial charge in [0.05, 0.1) is 26.0 Å². The van der Waals surface area contributed by atoms with Crippen molar-refractivity contribution in [2.45, 2.75) is 13.8 Å². The van der Waals surface area contributed by atoms with Crippen molar-refractivity contribution < 1.29 is 23.4 Å². The topological polar surface area (TPSA) is 69.7 Å². The number of carbonyl (C=O) groups is 1. The molecule has 8 heteroatoms. The fraction of sp³-hybridized carbons (Fsp3) is 0.238. The zero-order chi connectivity index (χ0) is 20.8. The molecule has 0 radical (unpaired) electrons. The quantitative estimate of drug-likeness (QED) is 0.559. The Morgan fingerprint density at radius 2 is 1.79 bits per heavy atom. The van der Waals surface area contributed by atoms with Crippen molar-refractivity contribution >= 4 is 22.4 Å². The van der Waals surface area contributed by atoms with Gasteiger partial charge in [0.25, 0.3) is 5.91 Å². The summed E-state index contributed by atoms with van der Waals surface area (Å²) in [7, 11) is 1.41. The van der Waals surface area contributed by atoms with Crippen molar-refractivity contribution in [2.24, 2.45) is 0 Å². The van der Waals surface area contributed by atoms with Gasteiger partial charge in [0.2, 0.25) is 0 Å². The molecule has 0 bridgehead atoms. The molecule has 0 unspecified atom stereocenters. The summed E-state index contributed by atoms with van der Waals surface area (Å²) >= 11 is 1.26. The normalized spacial score (nSPS) is 10.5. The highest BCUT2D eigenvalue weighted by Crippen LogP contribution is 2.30. The Morgan fingerprint density at radius 3 is 2.48 bits per heavy atom. The summed E-state index contributed by atoms with van der Waals surface area (Å²) in [5.74, 6) is 0.467. The minimum absolute atomic E-state index is 0.165. The van der Waals surface area contributed by atoms with Crippen LogP contribution in [0.25, 0.3) is 11.3 Å². The van der Waals surface area contributed by atoms with Crippen LogP contribution in [-0.4, -0.2) is 31.2 Å². The van der Waals surface area contributed by atoms with Crippen LogP contribution in [0, 0.1) is 5.82 Å². The first kappa shape index (κ1) is 20.6. The molecule has 6 nitrogen and oxygen atoms in total. The maximum atomic E-state index is 13.9. The SMILES string of the molecule is CCOc1ccc(C(=O)Nc2nc(-c3ccc(OC)c(F)c3)cs2)cc1OCC. The molecule has 1 heterocycles. The molecule has 0 spiro atoms. The Balaban J connectivity index is 1.76. The molecular weight excluding hydrogens is 395 g/mol. The lowest BCUT2D eigenvalue weighted by Crippen LogP contribution is -2.12. The van der Waals surface area contributed by atoms with Crippen LogP contribution in [0.4, 0.5) is 9.52 Å². The first-order valence-electron chi connectivity index (χ1n) is 9.06. The van der Waals surface area contributed by atoms with E-state index in [4.69, 9.17) is 14.2 Å². The number of anilines is 1. The fourth-order valence-corrected chi connectivity index (χ4v) is 3.37. The molecular formula is C21H21FN2O4S. The van der Waals surface area contributed by atoms with Gasteiger partial charge >= 0.3 is 0 Å². The summed E-state index contributed by atoms with van der Waals surface area (Å²) in [6.45, 7) is 4.70. The van der Waals surface area contributed by atoms with Crippen molar-refractivity contribution in [1.82, 2.24) is 4.98 Å². The van der Waals surface area contributed by atoms with Crippen molar-refractivity contribution in [3.63, 3.8) is 0 Å². The first-order chi connectivity index (χ1) is 14.0. The fourth-order valence-electron chi connectivity index (χ4n) is 2.65. The van der Waals surface area contributed by atoms with Crippen molar-refractivity contribution in [1.29, 1.82) is 0 Å². The second-order valence-corrected chi connectivity index (χ2v) is 6.73. The second kappa shape index (κ2) is 9.38. The van der Waals surface area contributed by atoms with Gasteiger partial charge in [-0.15, -0.1) is 11.3 Å². The predicted octanol–water partition coefficient (Wildman–Crippen LogP) is 5.01. The van der Waals surface area contributed by atoms with Gasteiger partial charge in [-0.3, -0.25) is 10.1 Å². The highest BCUT2D eigenvalue weighted by molar-refractivity contribution is 7.14. The first-order valence-corrected chi connectivity index (χ1v) is 9.94. The van der Waals surface area contributed by atoms with E-state index in [0.717, 1.165) is 0 Å². The van der Waals surface area contributed by atoms with Crippen molar-refractivity contribution in [3.8, 4) is 28.5 Å². The third-order valence-electron chi connectivity index (χ3n) is 3.98. The average molecular weight is 416 g/mol. The maximum Gasteiger partial charge on any atom is 0.257 e. The lowest BCUT2D eigenvalue weighted by atomic mass is 10.1. The lowest BCUT2D eigenvalue weighted by molar-refractivity contribution is 0.102. The number of thiazole rings is 1. The van der Waals surface area contributed by atoms with Gasteiger partial charge in [-0.1, -0.05) is 0 Å². The second-order valence-electron chi connectivity index (χ2n) is 5.87. The molecule has 1 aromatic heterocycles. The van der Waals surface area contributed by atoms with Crippen LogP contribution < -0.4 is 19.5 Å². The Bertz CT molecular complexity index is 1010. The third-order valence-corrected chi connectivity index (χ3v) is 4.74. The Kier molecular flexibility index (Phi) is 6.66. The number of aromatic nitrogens is 1. The molecule has 2 aromatic carbocycles. The standard InChI is InChI=1S/C21H21FN2O4S/c1-4-27-18-9-7-14(11-19(18)28-5-2)20(25)24-21-23-16(12-29-21)13-6-8-17(26-3)15(22)10-13/h6-12H,4-5H2,1-3H3,(H,23,24,25). The Hall–Kier alpha value is -3.13. The van der Waals surface area contributed by atoms with E-state index in [0.29, 0.717) is 46.7 Å². The number of benzene rings is 2. The highest BCUT2D eigenvalue weighted by atomic mass is 32.1. The Labute approximate surface area is 172 Å². The van der Waals surface area contributed by atoms with Crippen LogP contribution in [-0.2, 0) is 0 Å². The van der Waals surface area contributed by atoms with Crippen molar-refractivity contribution in [3.05, 3.63) is 53.2 Å². The number of ether oxygens (including phenoxy) is 3. The van der Waals surface area contributed by atoms with Gasteiger partial charge in [-0.25, -0.2) is 9.37 Å². The zero-order valence-electron chi connectivity index (χ0n) is 16.3. The van der Waals surface area contributed by atoms with Gasteiger partial charge in [0.1, 0.15) is 0 Å². The molecule has 1 N–H and O–H groups in total. The van der Waals surface area contributed by atoms with E-state index in [9.17, 15) is 9.18 Å². The summed E-state index contributed by atoms with van der Waals surface area (Å²) in [4.78, 5) is 17.0. The smallest absolute Gasteiger partial charge is 0.257 e. The van der Waals surface area contributed by atoms with Gasteiger partial charge in [-0.05, 0) is 50.2 Å². The molecule has 0 saturated carbocycles. The summed E-state index contributed by atoms with van der Waals surface area (Å²) in [5.41, 5.74) is 1.58. The number of hydrogen-bond donors (Lipinski definition) is 1. The summed E-state index contributed by atoms with van der Waals surface area (Å²) in [6.07, 6.45) is 0. The van der Waals surface area contributed by atoms with E-state index in [1.54, 1.807) is 29.6 Å².